The van der Waals surface area contributed by atoms with Crippen molar-refractivity contribution in [3.63, 3.8) is 0 Å². The first-order chi connectivity index (χ1) is 10.6. The summed E-state index contributed by atoms with van der Waals surface area (Å²) in [7, 11) is 0. The van der Waals surface area contributed by atoms with Gasteiger partial charge >= 0.3 is 0 Å². The van der Waals surface area contributed by atoms with Gasteiger partial charge in [-0.05, 0) is 13.0 Å². The normalized spacial score (nSPS) is 11.8. The Bertz CT molecular complexity index is 823. The van der Waals surface area contributed by atoms with E-state index in [-0.39, 0.29) is 12.3 Å². The maximum Gasteiger partial charge on any atom is 0.246 e. The van der Waals surface area contributed by atoms with Crippen molar-refractivity contribution in [1.29, 1.82) is 0 Å². The number of hydrogen-bond acceptors (Lipinski definition) is 4. The fraction of sp³-hybridized carbons (Fsp3) is 0.133. The van der Waals surface area contributed by atoms with E-state index in [2.05, 4.69) is 15.5 Å². The van der Waals surface area contributed by atoms with Crippen LogP contribution in [0.5, 0.6) is 0 Å². The first-order valence-electron chi connectivity index (χ1n) is 6.62. The van der Waals surface area contributed by atoms with Crippen LogP contribution in [0.3, 0.4) is 0 Å². The lowest BCUT2D eigenvalue weighted by molar-refractivity contribution is -0.120. The second-order valence-electron chi connectivity index (χ2n) is 4.71. The standard InChI is InChI=1S/C15H13ClN4OS/c1-10(12-4-2-3-5-13(12)16)18-19-14(21)8-11-9-20-6-7-22-15(20)17-11/h2-7,9H,8H2,1H3,(H,19,21)/b18-10-. The van der Waals surface area contributed by atoms with Crippen molar-refractivity contribution in [2.75, 3.05) is 0 Å². The third-order valence-electron chi connectivity index (χ3n) is 3.10. The number of halogens is 1. The van der Waals surface area contributed by atoms with Gasteiger partial charge in [0.05, 0.1) is 17.8 Å². The Hall–Kier alpha value is -2.18. The van der Waals surface area contributed by atoms with Gasteiger partial charge in [0.2, 0.25) is 5.91 Å². The molecule has 7 heteroatoms. The van der Waals surface area contributed by atoms with E-state index in [1.807, 2.05) is 40.4 Å². The maximum absolute atomic E-state index is 11.9. The summed E-state index contributed by atoms with van der Waals surface area (Å²) in [5.74, 6) is -0.211. The van der Waals surface area contributed by atoms with Gasteiger partial charge in [-0.3, -0.25) is 9.20 Å². The first kappa shape index (κ1) is 14.7. The summed E-state index contributed by atoms with van der Waals surface area (Å²) in [6.45, 7) is 1.80. The average Bonchev–Trinajstić information content (AvgIpc) is 3.06. The van der Waals surface area contributed by atoms with Crippen LogP contribution in [0.15, 0.2) is 47.1 Å². The van der Waals surface area contributed by atoms with Crippen LogP contribution in [0.2, 0.25) is 5.02 Å². The number of nitrogens with one attached hydrogen (secondary N) is 1. The Balaban J connectivity index is 1.65. The second kappa shape index (κ2) is 6.29. The van der Waals surface area contributed by atoms with Gasteiger partial charge in [0.25, 0.3) is 0 Å². The van der Waals surface area contributed by atoms with Crippen molar-refractivity contribution in [1.82, 2.24) is 14.8 Å². The zero-order valence-corrected chi connectivity index (χ0v) is 13.4. The summed E-state index contributed by atoms with van der Waals surface area (Å²) in [5, 5.41) is 6.65. The molecule has 2 heterocycles. The zero-order chi connectivity index (χ0) is 15.5. The van der Waals surface area contributed by atoms with Gasteiger partial charge < -0.3 is 0 Å². The van der Waals surface area contributed by atoms with Gasteiger partial charge in [0.15, 0.2) is 4.96 Å². The number of hydrazone groups is 1. The van der Waals surface area contributed by atoms with Crippen molar-refractivity contribution in [3.8, 4) is 0 Å². The summed E-state index contributed by atoms with van der Waals surface area (Å²) in [4.78, 5) is 17.2. The van der Waals surface area contributed by atoms with Crippen LogP contribution in [0.1, 0.15) is 18.2 Å². The molecule has 5 nitrogen and oxygen atoms in total. The number of rotatable bonds is 4. The molecule has 3 rings (SSSR count). The minimum atomic E-state index is -0.211. The van der Waals surface area contributed by atoms with Crippen molar-refractivity contribution < 1.29 is 4.79 Å². The predicted octanol–water partition coefficient (Wildman–Crippen LogP) is 3.13. The summed E-state index contributed by atoms with van der Waals surface area (Å²) in [6.07, 6.45) is 3.94. The fourth-order valence-corrected chi connectivity index (χ4v) is 3.02. The number of thiazole rings is 1. The summed E-state index contributed by atoms with van der Waals surface area (Å²) < 4.78 is 1.89. The van der Waals surface area contributed by atoms with Gasteiger partial charge in [-0.2, -0.15) is 5.10 Å². The number of benzene rings is 1. The monoisotopic (exact) mass is 332 g/mol. The molecule has 0 aliphatic heterocycles. The number of nitrogens with zero attached hydrogens (tertiary/aromatic N) is 3. The molecule has 2 aromatic heterocycles. The smallest absolute Gasteiger partial charge is 0.246 e. The molecule has 1 amide bonds. The predicted molar refractivity (Wildman–Crippen MR) is 88.6 cm³/mol. The van der Waals surface area contributed by atoms with E-state index in [0.717, 1.165) is 16.2 Å². The highest BCUT2D eigenvalue weighted by molar-refractivity contribution is 7.15. The van der Waals surface area contributed by atoms with Crippen molar-refractivity contribution >= 4 is 39.5 Å². The number of carbonyl (C=O) groups excluding carboxylic acids is 1. The minimum Gasteiger partial charge on any atom is -0.297 e. The Kier molecular flexibility index (Phi) is 4.22. The van der Waals surface area contributed by atoms with Gasteiger partial charge in [-0.1, -0.05) is 29.8 Å². The van der Waals surface area contributed by atoms with Crippen LogP contribution >= 0.6 is 22.9 Å². The van der Waals surface area contributed by atoms with E-state index in [1.165, 1.54) is 11.3 Å². The zero-order valence-electron chi connectivity index (χ0n) is 11.8. The molecule has 1 aromatic carbocycles. The largest absolute Gasteiger partial charge is 0.297 e. The van der Waals surface area contributed by atoms with E-state index in [1.54, 1.807) is 13.0 Å². The first-order valence-corrected chi connectivity index (χ1v) is 7.88. The molecule has 0 saturated heterocycles. The third-order valence-corrected chi connectivity index (χ3v) is 4.20. The molecular weight excluding hydrogens is 320 g/mol. The molecule has 22 heavy (non-hydrogen) atoms. The summed E-state index contributed by atoms with van der Waals surface area (Å²) in [6, 6.07) is 7.37. The minimum absolute atomic E-state index is 0.188. The van der Waals surface area contributed by atoms with Crippen LogP contribution in [-0.4, -0.2) is 21.0 Å². The number of hydrogen-bond donors (Lipinski definition) is 1. The number of carbonyl (C=O) groups is 1. The van der Waals surface area contributed by atoms with Crippen LogP contribution in [-0.2, 0) is 11.2 Å². The molecular formula is C15H13ClN4OS. The topological polar surface area (TPSA) is 58.8 Å². The van der Waals surface area contributed by atoms with Crippen LogP contribution < -0.4 is 5.43 Å². The van der Waals surface area contributed by atoms with Crippen LogP contribution in [0.4, 0.5) is 0 Å². The third kappa shape index (κ3) is 3.18. The second-order valence-corrected chi connectivity index (χ2v) is 5.99. The number of imidazole rings is 1. The number of amides is 1. The van der Waals surface area contributed by atoms with E-state index < -0.39 is 0 Å². The van der Waals surface area contributed by atoms with Crippen LogP contribution in [0, 0.1) is 0 Å². The Morgan fingerprint density at radius 3 is 3.05 bits per heavy atom. The Labute approximate surface area is 136 Å². The molecule has 0 aliphatic rings. The van der Waals surface area contributed by atoms with E-state index >= 15 is 0 Å². The molecule has 3 aromatic rings. The van der Waals surface area contributed by atoms with E-state index in [0.29, 0.717) is 10.7 Å². The molecule has 0 atom stereocenters. The molecule has 0 aliphatic carbocycles. The van der Waals surface area contributed by atoms with Crippen molar-refractivity contribution in [2.45, 2.75) is 13.3 Å². The van der Waals surface area contributed by atoms with Crippen molar-refractivity contribution in [3.05, 3.63) is 58.3 Å². The molecule has 112 valence electrons. The van der Waals surface area contributed by atoms with E-state index in [4.69, 9.17) is 11.6 Å². The number of aromatic nitrogens is 2. The molecule has 0 bridgehead atoms. The SMILES string of the molecule is C/C(=N/NC(=O)Cc1cn2ccsc2n1)c1ccccc1Cl. The molecule has 0 spiro atoms. The Morgan fingerprint density at radius 2 is 2.27 bits per heavy atom. The van der Waals surface area contributed by atoms with Gasteiger partial charge in [0, 0.05) is 28.4 Å². The maximum atomic E-state index is 11.9. The molecule has 0 saturated carbocycles. The van der Waals surface area contributed by atoms with Gasteiger partial charge in [0.1, 0.15) is 0 Å². The molecule has 0 fully saturated rings. The quantitative estimate of drug-likeness (QED) is 0.589. The molecule has 0 unspecified atom stereocenters. The number of fused-ring (bicyclic) bond motifs is 1. The van der Waals surface area contributed by atoms with E-state index in [9.17, 15) is 4.79 Å². The molecule has 0 radical (unpaired) electrons. The molecule has 1 N–H and O–H groups in total. The lowest BCUT2D eigenvalue weighted by atomic mass is 10.1. The summed E-state index contributed by atoms with van der Waals surface area (Å²) in [5.41, 5.74) is 4.71. The Morgan fingerprint density at radius 1 is 1.45 bits per heavy atom. The highest BCUT2D eigenvalue weighted by atomic mass is 35.5. The lowest BCUT2D eigenvalue weighted by Crippen LogP contribution is -2.21. The highest BCUT2D eigenvalue weighted by Gasteiger charge is 2.08. The van der Waals surface area contributed by atoms with Crippen molar-refractivity contribution in [2.24, 2.45) is 5.10 Å². The van der Waals surface area contributed by atoms with Gasteiger partial charge in [-0.25, -0.2) is 10.4 Å². The highest BCUT2D eigenvalue weighted by Crippen LogP contribution is 2.15. The average molecular weight is 333 g/mol. The van der Waals surface area contributed by atoms with Crippen LogP contribution in [0.25, 0.3) is 4.96 Å². The fourth-order valence-electron chi connectivity index (χ4n) is 2.03. The lowest BCUT2D eigenvalue weighted by Gasteiger charge is -2.04. The summed E-state index contributed by atoms with van der Waals surface area (Å²) >= 11 is 7.62. The van der Waals surface area contributed by atoms with Gasteiger partial charge in [-0.15, -0.1) is 11.3 Å².